The minimum absolute atomic E-state index is 0.162. The summed E-state index contributed by atoms with van der Waals surface area (Å²) in [6.07, 6.45) is 2.27. The van der Waals surface area contributed by atoms with Crippen molar-refractivity contribution in [3.8, 4) is 0 Å². The molecule has 0 aliphatic rings. The molecule has 1 unspecified atom stereocenters. The predicted octanol–water partition coefficient (Wildman–Crippen LogP) is 2.38. The first kappa shape index (κ1) is 10.4. The topological polar surface area (TPSA) is 37.3 Å². The Kier molecular flexibility index (Phi) is 5.80. The summed E-state index contributed by atoms with van der Waals surface area (Å²) >= 11 is 0. The Balaban J connectivity index is 3.17. The molecule has 0 aliphatic heterocycles. The lowest BCUT2D eigenvalue weighted by molar-refractivity contribution is -0.143. The average molecular weight is 161 g/mol. The highest BCUT2D eigenvalue weighted by atomic mass is 18.2. The third kappa shape index (κ3) is 5.83. The van der Waals surface area contributed by atoms with Crippen LogP contribution in [0.4, 0.5) is 4.39 Å². The van der Waals surface area contributed by atoms with E-state index >= 15 is 0 Å². The number of carboxylic acids is 1. The fraction of sp³-hybridized carbons (Fsp3) is 0.875. The van der Waals surface area contributed by atoms with E-state index in [4.69, 9.17) is 5.11 Å². The van der Waals surface area contributed by atoms with Crippen LogP contribution in [0.15, 0.2) is 0 Å². The molecule has 0 fully saturated rings. The van der Waals surface area contributed by atoms with Gasteiger partial charge in [-0.2, -0.15) is 0 Å². The van der Waals surface area contributed by atoms with Crippen molar-refractivity contribution in [2.75, 3.05) is 0 Å². The standard InChI is InChI=1S/C8H15FO2/c1-2-3-4-5-6-7(9)8(10)11/h7H,2-6H2,1H3,(H,10,11)/i9-1. The molecule has 1 N–H and O–H groups in total. The highest BCUT2D eigenvalue weighted by molar-refractivity contribution is 5.71. The maximum Gasteiger partial charge on any atom is 0.338 e. The Bertz CT molecular complexity index is 115. The maximum absolute atomic E-state index is 12.4. The summed E-state index contributed by atoms with van der Waals surface area (Å²) in [6.45, 7) is 2.06. The van der Waals surface area contributed by atoms with Crippen LogP contribution in [0.3, 0.4) is 0 Å². The van der Waals surface area contributed by atoms with E-state index in [0.717, 1.165) is 19.3 Å². The molecule has 0 aromatic carbocycles. The molecule has 0 aromatic rings. The van der Waals surface area contributed by atoms with E-state index in [1.165, 1.54) is 0 Å². The van der Waals surface area contributed by atoms with Gasteiger partial charge in [-0.3, -0.25) is 0 Å². The second-order valence-electron chi connectivity index (χ2n) is 2.66. The number of alkyl halides is 1. The molecule has 3 heteroatoms. The van der Waals surface area contributed by atoms with Gasteiger partial charge in [0, 0.05) is 0 Å². The van der Waals surface area contributed by atoms with E-state index in [1.807, 2.05) is 0 Å². The molecule has 11 heavy (non-hydrogen) atoms. The van der Waals surface area contributed by atoms with Crippen molar-refractivity contribution in [1.82, 2.24) is 0 Å². The number of carboxylic acid groups (broad SMARTS) is 1. The predicted molar refractivity (Wildman–Crippen MR) is 41.3 cm³/mol. The molecule has 66 valence electrons. The number of carbonyl (C=O) groups is 1. The van der Waals surface area contributed by atoms with Gasteiger partial charge < -0.3 is 5.11 Å². The number of hydrogen-bond acceptors (Lipinski definition) is 1. The smallest absolute Gasteiger partial charge is 0.338 e. The van der Waals surface area contributed by atoms with Crippen molar-refractivity contribution < 1.29 is 14.3 Å². The van der Waals surface area contributed by atoms with Crippen LogP contribution in [-0.2, 0) is 4.79 Å². The highest BCUT2D eigenvalue weighted by Crippen LogP contribution is 2.07. The fourth-order valence-corrected chi connectivity index (χ4v) is 0.874. The van der Waals surface area contributed by atoms with E-state index < -0.39 is 12.1 Å². The van der Waals surface area contributed by atoms with Crippen LogP contribution in [0, 0.1) is 0 Å². The summed E-state index contributed by atoms with van der Waals surface area (Å²) in [6, 6.07) is 0. The Morgan fingerprint density at radius 2 is 2.09 bits per heavy atom. The first-order valence-corrected chi connectivity index (χ1v) is 4.05. The van der Waals surface area contributed by atoms with Crippen molar-refractivity contribution >= 4 is 5.97 Å². The number of aliphatic carboxylic acids is 1. The van der Waals surface area contributed by atoms with Gasteiger partial charge in [0.2, 0.25) is 0 Å². The summed E-state index contributed by atoms with van der Waals surface area (Å²) in [5, 5.41) is 8.16. The molecular weight excluding hydrogens is 146 g/mol. The summed E-state index contributed by atoms with van der Waals surface area (Å²) in [5.41, 5.74) is 0. The molecule has 2 nitrogen and oxygen atoms in total. The van der Waals surface area contributed by atoms with Crippen molar-refractivity contribution in [3.05, 3.63) is 0 Å². The van der Waals surface area contributed by atoms with E-state index in [1.54, 1.807) is 0 Å². The minimum Gasteiger partial charge on any atom is -0.479 e. The molecule has 0 spiro atoms. The van der Waals surface area contributed by atoms with Crippen LogP contribution in [0.1, 0.15) is 39.0 Å². The van der Waals surface area contributed by atoms with Crippen LogP contribution < -0.4 is 0 Å². The van der Waals surface area contributed by atoms with Crippen LogP contribution in [0.2, 0.25) is 0 Å². The van der Waals surface area contributed by atoms with Crippen LogP contribution in [0.25, 0.3) is 0 Å². The lowest BCUT2D eigenvalue weighted by Crippen LogP contribution is -2.13. The molecule has 0 aliphatic carbocycles. The quantitative estimate of drug-likeness (QED) is 0.607. The largest absolute Gasteiger partial charge is 0.479 e. The molecule has 0 saturated heterocycles. The lowest BCUT2D eigenvalue weighted by Gasteiger charge is -2.01. The zero-order valence-corrected chi connectivity index (χ0v) is 6.85. The van der Waals surface area contributed by atoms with E-state index in [9.17, 15) is 9.18 Å². The summed E-state index contributed by atoms with van der Waals surface area (Å²) in [4.78, 5) is 9.99. The van der Waals surface area contributed by atoms with Crippen LogP contribution >= 0.6 is 0 Å². The lowest BCUT2D eigenvalue weighted by atomic mass is 10.1. The van der Waals surface area contributed by atoms with Gasteiger partial charge in [0.15, 0.2) is 6.17 Å². The SMILES string of the molecule is CCCCCCC([18F])C(=O)O. The van der Waals surface area contributed by atoms with Crippen LogP contribution in [-0.4, -0.2) is 17.2 Å². The molecule has 0 amide bonds. The number of rotatable bonds is 6. The zero-order chi connectivity index (χ0) is 8.69. The maximum atomic E-state index is 12.4. The Hall–Kier alpha value is -0.600. The van der Waals surface area contributed by atoms with Crippen molar-refractivity contribution in [3.63, 3.8) is 0 Å². The highest BCUT2D eigenvalue weighted by Gasteiger charge is 2.13. The molecular formula is C8H15FO2. The minimum atomic E-state index is -1.66. The third-order valence-corrected chi connectivity index (χ3v) is 1.58. The molecule has 0 heterocycles. The zero-order valence-electron chi connectivity index (χ0n) is 6.85. The second kappa shape index (κ2) is 6.13. The number of halogens is 1. The van der Waals surface area contributed by atoms with Gasteiger partial charge in [0.25, 0.3) is 0 Å². The summed E-state index contributed by atoms with van der Waals surface area (Å²) in [5.74, 6) is -1.33. The second-order valence-corrected chi connectivity index (χ2v) is 2.66. The van der Waals surface area contributed by atoms with Gasteiger partial charge >= 0.3 is 5.97 Å². The van der Waals surface area contributed by atoms with E-state index in [2.05, 4.69) is 6.92 Å². The molecule has 0 saturated carbocycles. The van der Waals surface area contributed by atoms with E-state index in [0.29, 0.717) is 6.42 Å². The van der Waals surface area contributed by atoms with Crippen LogP contribution in [0.5, 0.6) is 0 Å². The molecule has 0 bridgehead atoms. The van der Waals surface area contributed by atoms with Crippen molar-refractivity contribution in [1.29, 1.82) is 0 Å². The van der Waals surface area contributed by atoms with Gasteiger partial charge in [0.1, 0.15) is 0 Å². The van der Waals surface area contributed by atoms with Gasteiger partial charge in [-0.05, 0) is 12.8 Å². The van der Waals surface area contributed by atoms with E-state index in [-0.39, 0.29) is 6.42 Å². The molecule has 0 rings (SSSR count). The number of hydrogen-bond donors (Lipinski definition) is 1. The Labute approximate surface area is 66.4 Å². The molecule has 1 atom stereocenters. The monoisotopic (exact) mass is 161 g/mol. The Morgan fingerprint density at radius 1 is 1.45 bits per heavy atom. The van der Waals surface area contributed by atoms with Gasteiger partial charge in [0.05, 0.1) is 0 Å². The van der Waals surface area contributed by atoms with Crippen molar-refractivity contribution in [2.24, 2.45) is 0 Å². The molecule has 0 aromatic heterocycles. The number of unbranched alkanes of at least 4 members (excludes halogenated alkanes) is 3. The first-order valence-electron chi connectivity index (χ1n) is 4.05. The fourth-order valence-electron chi connectivity index (χ4n) is 0.874. The first-order chi connectivity index (χ1) is 5.18. The Morgan fingerprint density at radius 3 is 2.55 bits per heavy atom. The van der Waals surface area contributed by atoms with Gasteiger partial charge in [-0.25, -0.2) is 9.18 Å². The summed E-state index contributed by atoms with van der Waals surface area (Å²) in [7, 11) is 0. The van der Waals surface area contributed by atoms with Crippen molar-refractivity contribution in [2.45, 2.75) is 45.2 Å². The summed E-state index contributed by atoms with van der Waals surface area (Å²) < 4.78 is 12.4. The van der Waals surface area contributed by atoms with Gasteiger partial charge in [-0.15, -0.1) is 0 Å². The third-order valence-electron chi connectivity index (χ3n) is 1.58. The average Bonchev–Trinajstić information content (AvgIpc) is 1.97. The van der Waals surface area contributed by atoms with Gasteiger partial charge in [-0.1, -0.05) is 26.2 Å². The normalized spacial score (nSPS) is 12.9. The molecule has 0 radical (unpaired) electrons.